The van der Waals surface area contributed by atoms with Crippen molar-refractivity contribution in [2.75, 3.05) is 13.6 Å². The van der Waals surface area contributed by atoms with Gasteiger partial charge in [-0.15, -0.1) is 0 Å². The quantitative estimate of drug-likeness (QED) is 0.474. The van der Waals surface area contributed by atoms with Crippen molar-refractivity contribution >= 4 is 11.8 Å². The normalized spacial score (nSPS) is 10.9. The molecule has 16 heavy (non-hydrogen) atoms. The molecule has 1 aromatic rings. The third kappa shape index (κ3) is 3.13. The van der Waals surface area contributed by atoms with Gasteiger partial charge in [-0.2, -0.15) is 4.39 Å². The molecule has 0 saturated heterocycles. The molecule has 0 aliphatic rings. The predicted molar refractivity (Wildman–Crippen MR) is 60.6 cm³/mol. The first-order valence-corrected chi connectivity index (χ1v) is 4.91. The average molecular weight is 224 g/mol. The smallest absolute Gasteiger partial charge is 0.311 e. The molecule has 0 spiro atoms. The molecule has 0 aliphatic carbocycles. The Morgan fingerprint density at radius 2 is 2.31 bits per heavy atom. The summed E-state index contributed by atoms with van der Waals surface area (Å²) in [4.78, 5) is 9.95. The molecule has 1 aromatic carbocycles. The standard InChI is InChI=1S/C11H13FN2O2/c1-13-8-3-2-5-9-6-4-7-10(12)11(9)14(15)16/h2,4-7,13H,3,8H2,1H3. The maximum absolute atomic E-state index is 13.2. The summed E-state index contributed by atoms with van der Waals surface area (Å²) < 4.78 is 13.2. The van der Waals surface area contributed by atoms with Crippen molar-refractivity contribution in [2.24, 2.45) is 0 Å². The molecule has 0 bridgehead atoms. The second-order valence-electron chi connectivity index (χ2n) is 3.23. The predicted octanol–water partition coefficient (Wildman–Crippen LogP) is 2.36. The Hall–Kier alpha value is -1.75. The average Bonchev–Trinajstić information content (AvgIpc) is 2.24. The van der Waals surface area contributed by atoms with E-state index in [4.69, 9.17) is 0 Å². The summed E-state index contributed by atoms with van der Waals surface area (Å²) in [5.74, 6) is -0.805. The van der Waals surface area contributed by atoms with Gasteiger partial charge < -0.3 is 5.32 Å². The molecular weight excluding hydrogens is 211 g/mol. The molecule has 0 fully saturated rings. The van der Waals surface area contributed by atoms with E-state index in [9.17, 15) is 14.5 Å². The minimum Gasteiger partial charge on any atom is -0.319 e. The summed E-state index contributed by atoms with van der Waals surface area (Å²) in [6.07, 6.45) is 4.08. The fourth-order valence-electron chi connectivity index (χ4n) is 1.30. The van der Waals surface area contributed by atoms with Crippen LogP contribution in [0.15, 0.2) is 24.3 Å². The number of benzene rings is 1. The summed E-state index contributed by atoms with van der Waals surface area (Å²) in [7, 11) is 1.82. The van der Waals surface area contributed by atoms with Crippen molar-refractivity contribution in [3.63, 3.8) is 0 Å². The van der Waals surface area contributed by atoms with Crippen LogP contribution in [0.5, 0.6) is 0 Å². The third-order valence-corrected chi connectivity index (χ3v) is 2.06. The molecule has 0 atom stereocenters. The van der Waals surface area contributed by atoms with E-state index >= 15 is 0 Å². The largest absolute Gasteiger partial charge is 0.319 e. The molecule has 0 heterocycles. The zero-order valence-corrected chi connectivity index (χ0v) is 8.94. The van der Waals surface area contributed by atoms with Crippen LogP contribution in [0.4, 0.5) is 10.1 Å². The summed E-state index contributed by atoms with van der Waals surface area (Å²) in [6.45, 7) is 0.777. The van der Waals surface area contributed by atoms with E-state index in [1.54, 1.807) is 12.2 Å². The van der Waals surface area contributed by atoms with Crippen molar-refractivity contribution in [2.45, 2.75) is 6.42 Å². The molecule has 5 heteroatoms. The van der Waals surface area contributed by atoms with E-state index in [1.165, 1.54) is 12.1 Å². The molecule has 0 saturated carbocycles. The Bertz CT molecular complexity index is 405. The number of para-hydroxylation sites is 1. The highest BCUT2D eigenvalue weighted by Crippen LogP contribution is 2.23. The number of nitro groups is 1. The van der Waals surface area contributed by atoms with Gasteiger partial charge in [0.1, 0.15) is 0 Å². The summed E-state index contributed by atoms with van der Waals surface area (Å²) in [6, 6.07) is 4.07. The van der Waals surface area contributed by atoms with Crippen molar-refractivity contribution in [3.05, 3.63) is 45.8 Å². The molecule has 0 unspecified atom stereocenters. The van der Waals surface area contributed by atoms with Gasteiger partial charge in [-0.3, -0.25) is 10.1 Å². The molecule has 1 N–H and O–H groups in total. The highest BCUT2D eigenvalue weighted by atomic mass is 19.1. The highest BCUT2D eigenvalue weighted by molar-refractivity contribution is 5.61. The van der Waals surface area contributed by atoms with Gasteiger partial charge >= 0.3 is 5.69 Å². The van der Waals surface area contributed by atoms with E-state index in [0.29, 0.717) is 5.56 Å². The number of nitro benzene ring substituents is 1. The third-order valence-electron chi connectivity index (χ3n) is 2.06. The lowest BCUT2D eigenvalue weighted by molar-refractivity contribution is -0.387. The van der Waals surface area contributed by atoms with Crippen LogP contribution in [0.3, 0.4) is 0 Å². The zero-order valence-electron chi connectivity index (χ0n) is 8.94. The Morgan fingerprint density at radius 3 is 2.94 bits per heavy atom. The van der Waals surface area contributed by atoms with Crippen LogP contribution >= 0.6 is 0 Å². The van der Waals surface area contributed by atoms with Crippen molar-refractivity contribution in [1.29, 1.82) is 0 Å². The van der Waals surface area contributed by atoms with Gasteiger partial charge in [0.25, 0.3) is 0 Å². The second-order valence-corrected chi connectivity index (χ2v) is 3.23. The fourth-order valence-corrected chi connectivity index (χ4v) is 1.30. The topological polar surface area (TPSA) is 55.2 Å². The SMILES string of the molecule is CNCCC=Cc1cccc(F)c1[N+](=O)[O-]. The second kappa shape index (κ2) is 5.97. The number of hydrogen-bond donors (Lipinski definition) is 1. The first-order valence-electron chi connectivity index (χ1n) is 4.91. The van der Waals surface area contributed by atoms with E-state index < -0.39 is 16.4 Å². The first-order chi connectivity index (χ1) is 7.66. The van der Waals surface area contributed by atoms with E-state index in [2.05, 4.69) is 5.32 Å². The van der Waals surface area contributed by atoms with Crippen LogP contribution in [0.2, 0.25) is 0 Å². The van der Waals surface area contributed by atoms with E-state index in [0.717, 1.165) is 19.0 Å². The van der Waals surface area contributed by atoms with Gasteiger partial charge in [0, 0.05) is 0 Å². The molecule has 1 rings (SSSR count). The minimum absolute atomic E-state index is 0.293. The lowest BCUT2D eigenvalue weighted by Crippen LogP contribution is -2.05. The molecular formula is C11H13FN2O2. The summed E-state index contributed by atoms with van der Waals surface area (Å²) >= 11 is 0. The lowest BCUT2D eigenvalue weighted by atomic mass is 10.1. The lowest BCUT2D eigenvalue weighted by Gasteiger charge is -1.98. The van der Waals surface area contributed by atoms with Crippen molar-refractivity contribution < 1.29 is 9.31 Å². The Kier molecular flexibility index (Phi) is 4.60. The molecule has 4 nitrogen and oxygen atoms in total. The van der Waals surface area contributed by atoms with E-state index in [1.807, 2.05) is 7.05 Å². The maximum atomic E-state index is 13.2. The van der Waals surface area contributed by atoms with Crippen LogP contribution in [0.1, 0.15) is 12.0 Å². The van der Waals surface area contributed by atoms with Crippen LogP contribution in [-0.2, 0) is 0 Å². The Labute approximate surface area is 92.9 Å². The van der Waals surface area contributed by atoms with Gasteiger partial charge in [0.15, 0.2) is 0 Å². The maximum Gasteiger partial charge on any atom is 0.311 e. The molecule has 86 valence electrons. The molecule has 0 aromatic heterocycles. The van der Waals surface area contributed by atoms with Crippen LogP contribution in [-0.4, -0.2) is 18.5 Å². The summed E-state index contributed by atoms with van der Waals surface area (Å²) in [5, 5.41) is 13.6. The van der Waals surface area contributed by atoms with Gasteiger partial charge in [0.2, 0.25) is 5.82 Å². The number of rotatable bonds is 5. The van der Waals surface area contributed by atoms with Crippen molar-refractivity contribution in [1.82, 2.24) is 5.32 Å². The van der Waals surface area contributed by atoms with Gasteiger partial charge in [0.05, 0.1) is 10.5 Å². The van der Waals surface area contributed by atoms with Gasteiger partial charge in [-0.25, -0.2) is 0 Å². The fraction of sp³-hybridized carbons (Fsp3) is 0.273. The van der Waals surface area contributed by atoms with Gasteiger partial charge in [-0.1, -0.05) is 18.2 Å². The highest BCUT2D eigenvalue weighted by Gasteiger charge is 2.17. The number of nitrogens with one attached hydrogen (secondary N) is 1. The number of hydrogen-bond acceptors (Lipinski definition) is 3. The van der Waals surface area contributed by atoms with Crippen molar-refractivity contribution in [3.8, 4) is 0 Å². The first kappa shape index (κ1) is 12.3. The molecule has 0 amide bonds. The van der Waals surface area contributed by atoms with Crippen LogP contribution in [0, 0.1) is 15.9 Å². The van der Waals surface area contributed by atoms with Crippen LogP contribution in [0.25, 0.3) is 6.08 Å². The minimum atomic E-state index is -0.805. The Balaban J connectivity index is 2.91. The van der Waals surface area contributed by atoms with Gasteiger partial charge in [-0.05, 0) is 32.1 Å². The number of halogens is 1. The monoisotopic (exact) mass is 224 g/mol. The van der Waals surface area contributed by atoms with E-state index in [-0.39, 0.29) is 0 Å². The molecule has 0 aliphatic heterocycles. The van der Waals surface area contributed by atoms with Crippen LogP contribution < -0.4 is 5.32 Å². The molecule has 0 radical (unpaired) electrons. The Morgan fingerprint density at radius 1 is 1.56 bits per heavy atom. The number of nitrogens with zero attached hydrogens (tertiary/aromatic N) is 1. The zero-order chi connectivity index (χ0) is 12.0. The summed E-state index contributed by atoms with van der Waals surface area (Å²) in [5.41, 5.74) is -0.177.